The highest BCUT2D eigenvalue weighted by Crippen LogP contribution is 2.19. The Labute approximate surface area is 199 Å². The molecule has 0 bridgehead atoms. The van der Waals surface area contributed by atoms with Gasteiger partial charge in [-0.25, -0.2) is 0 Å². The second-order valence-corrected chi connectivity index (χ2v) is 9.72. The summed E-state index contributed by atoms with van der Waals surface area (Å²) in [5.41, 5.74) is 0. The molecule has 4 heteroatoms. The number of quaternary nitrogens is 1. The summed E-state index contributed by atoms with van der Waals surface area (Å²) in [6, 6.07) is 0. The molecule has 0 saturated heterocycles. The summed E-state index contributed by atoms with van der Waals surface area (Å²) in [7, 11) is 0. The van der Waals surface area contributed by atoms with E-state index in [1.807, 2.05) is 0 Å². The van der Waals surface area contributed by atoms with Crippen molar-refractivity contribution in [3.8, 4) is 0 Å². The van der Waals surface area contributed by atoms with Crippen molar-refractivity contribution >= 4 is 5.91 Å². The first-order chi connectivity index (χ1) is 15.6. The Morgan fingerprint density at radius 2 is 1.41 bits per heavy atom. The van der Waals surface area contributed by atoms with Gasteiger partial charge in [-0.2, -0.15) is 0 Å². The molecule has 2 atom stereocenters. The minimum atomic E-state index is 0.0515. The molecule has 1 aliphatic rings. The summed E-state index contributed by atoms with van der Waals surface area (Å²) < 4.78 is 0.871. The third-order valence-corrected chi connectivity index (χ3v) is 6.98. The van der Waals surface area contributed by atoms with Crippen molar-refractivity contribution < 1.29 is 9.28 Å². The Kier molecular flexibility index (Phi) is 17.2. The zero-order chi connectivity index (χ0) is 23.3. The fourth-order valence-corrected chi connectivity index (χ4v) is 4.73. The van der Waals surface area contributed by atoms with E-state index in [-0.39, 0.29) is 5.91 Å². The summed E-state index contributed by atoms with van der Waals surface area (Å²) in [5, 5.41) is 6.42. The van der Waals surface area contributed by atoms with Gasteiger partial charge in [-0.3, -0.25) is 9.28 Å². The molecule has 1 rings (SSSR count). The number of carbonyl (C=O) groups is 1. The van der Waals surface area contributed by atoms with Crippen LogP contribution in [-0.2, 0) is 4.79 Å². The molecular formula is C28H54N3O+. The van der Waals surface area contributed by atoms with Crippen LogP contribution < -0.4 is 10.6 Å². The Bertz CT molecular complexity index is 517. The van der Waals surface area contributed by atoms with Crippen molar-refractivity contribution in [1.82, 2.24) is 10.6 Å². The lowest BCUT2D eigenvalue weighted by atomic mass is 10.0. The van der Waals surface area contributed by atoms with Crippen LogP contribution in [0.1, 0.15) is 124 Å². The number of nitrogens with zero attached hydrogens (tertiary/aromatic N) is 1. The molecule has 1 amide bonds. The molecular weight excluding hydrogens is 394 g/mol. The van der Waals surface area contributed by atoms with Crippen LogP contribution >= 0.6 is 0 Å². The molecule has 0 saturated carbocycles. The first kappa shape index (κ1) is 28.7. The highest BCUT2D eigenvalue weighted by molar-refractivity contribution is 5.72. The predicted molar refractivity (Wildman–Crippen MR) is 139 cm³/mol. The number of likely N-dealkylation sites (N-methyl/N-ethyl adjacent to an activating group) is 1. The molecule has 0 aromatic heterocycles. The maximum Gasteiger partial charge on any atom is 0.217 e. The first-order valence-corrected chi connectivity index (χ1v) is 13.9. The van der Waals surface area contributed by atoms with Gasteiger partial charge in [0.2, 0.25) is 5.91 Å². The summed E-state index contributed by atoms with van der Waals surface area (Å²) in [5.74, 6) is 0.0515. The van der Waals surface area contributed by atoms with Gasteiger partial charge in [-0.15, -0.1) is 0 Å². The van der Waals surface area contributed by atoms with E-state index in [0.29, 0.717) is 6.17 Å². The molecule has 1 aliphatic heterocycles. The zero-order valence-corrected chi connectivity index (χ0v) is 21.7. The van der Waals surface area contributed by atoms with Gasteiger partial charge < -0.3 is 10.6 Å². The van der Waals surface area contributed by atoms with Crippen LogP contribution in [-0.4, -0.2) is 36.2 Å². The van der Waals surface area contributed by atoms with Gasteiger partial charge in [0.1, 0.15) is 12.7 Å². The molecule has 0 spiro atoms. The van der Waals surface area contributed by atoms with Gasteiger partial charge in [0.15, 0.2) is 6.17 Å². The Morgan fingerprint density at radius 3 is 1.91 bits per heavy atom. The number of hydrogen-bond donors (Lipinski definition) is 2. The van der Waals surface area contributed by atoms with Crippen LogP contribution in [0.3, 0.4) is 0 Å². The van der Waals surface area contributed by atoms with E-state index in [2.05, 4.69) is 49.0 Å². The Morgan fingerprint density at radius 1 is 0.875 bits per heavy atom. The average molecular weight is 449 g/mol. The van der Waals surface area contributed by atoms with Crippen LogP contribution in [0.4, 0.5) is 0 Å². The SMILES string of the molecule is CCCCCCCCCCCCCCCCC/C=C/C1NC=C[N+]1(CC)CCNC(C)=O. The van der Waals surface area contributed by atoms with Crippen molar-refractivity contribution in [2.24, 2.45) is 0 Å². The fourth-order valence-electron chi connectivity index (χ4n) is 4.73. The van der Waals surface area contributed by atoms with Crippen molar-refractivity contribution in [1.29, 1.82) is 0 Å². The van der Waals surface area contributed by atoms with Crippen molar-refractivity contribution in [2.75, 3.05) is 19.6 Å². The largest absolute Gasteiger partial charge is 0.351 e. The van der Waals surface area contributed by atoms with Crippen LogP contribution in [0.15, 0.2) is 24.6 Å². The number of hydrogen-bond acceptors (Lipinski definition) is 2. The highest BCUT2D eigenvalue weighted by Gasteiger charge is 2.34. The molecule has 1 heterocycles. The monoisotopic (exact) mass is 448 g/mol. The Hall–Kier alpha value is -1.29. The molecule has 0 aliphatic carbocycles. The molecule has 0 radical (unpaired) electrons. The third kappa shape index (κ3) is 13.3. The maximum absolute atomic E-state index is 11.2. The molecule has 186 valence electrons. The first-order valence-electron chi connectivity index (χ1n) is 13.9. The van der Waals surface area contributed by atoms with Crippen LogP contribution in [0.5, 0.6) is 0 Å². The molecule has 2 N–H and O–H groups in total. The van der Waals surface area contributed by atoms with Gasteiger partial charge in [0.05, 0.1) is 19.3 Å². The summed E-state index contributed by atoms with van der Waals surface area (Å²) in [4.78, 5) is 11.2. The van der Waals surface area contributed by atoms with Crippen LogP contribution in [0, 0.1) is 0 Å². The lowest BCUT2D eigenvalue weighted by Gasteiger charge is -2.35. The van der Waals surface area contributed by atoms with Crippen LogP contribution in [0.25, 0.3) is 0 Å². The van der Waals surface area contributed by atoms with Gasteiger partial charge in [-0.05, 0) is 25.8 Å². The topological polar surface area (TPSA) is 41.1 Å². The lowest BCUT2D eigenvalue weighted by Crippen LogP contribution is -2.54. The molecule has 0 fully saturated rings. The number of allylic oxidation sites excluding steroid dienone is 1. The van der Waals surface area contributed by atoms with Crippen molar-refractivity contribution in [3.05, 3.63) is 24.6 Å². The molecule has 0 aromatic carbocycles. The van der Waals surface area contributed by atoms with Gasteiger partial charge in [0, 0.05) is 6.92 Å². The number of nitrogens with one attached hydrogen (secondary N) is 2. The Balaban J connectivity index is 1.97. The lowest BCUT2D eigenvalue weighted by molar-refractivity contribution is -0.891. The van der Waals surface area contributed by atoms with E-state index in [9.17, 15) is 4.79 Å². The quantitative estimate of drug-likeness (QED) is 0.111. The van der Waals surface area contributed by atoms with E-state index < -0.39 is 0 Å². The van der Waals surface area contributed by atoms with E-state index in [4.69, 9.17) is 0 Å². The van der Waals surface area contributed by atoms with Gasteiger partial charge in [0.25, 0.3) is 0 Å². The smallest absolute Gasteiger partial charge is 0.217 e. The number of rotatable bonds is 21. The fraction of sp³-hybridized carbons (Fsp3) is 0.821. The van der Waals surface area contributed by atoms with E-state index >= 15 is 0 Å². The van der Waals surface area contributed by atoms with E-state index in [1.165, 1.54) is 103 Å². The minimum Gasteiger partial charge on any atom is -0.351 e. The maximum atomic E-state index is 11.2. The zero-order valence-electron chi connectivity index (χ0n) is 21.7. The van der Waals surface area contributed by atoms with Gasteiger partial charge >= 0.3 is 0 Å². The second-order valence-electron chi connectivity index (χ2n) is 9.72. The molecule has 32 heavy (non-hydrogen) atoms. The minimum absolute atomic E-state index is 0.0515. The van der Waals surface area contributed by atoms with Crippen LogP contribution in [0.2, 0.25) is 0 Å². The summed E-state index contributed by atoms with van der Waals surface area (Å²) >= 11 is 0. The number of amides is 1. The predicted octanol–water partition coefficient (Wildman–Crippen LogP) is 7.18. The standard InChI is InChI=1S/C28H53N3O/c1-4-6-7-8-9-10-11-12-13-14-15-16-17-18-19-20-21-22-28-30-24-26-31(28,5-2)25-23-29-27(3)32/h21-22,24,26,28,30H,4-20,23,25H2,1-3H3/p+1/b22-21+. The molecule has 2 unspecified atom stereocenters. The molecule has 4 nitrogen and oxygen atoms in total. The summed E-state index contributed by atoms with van der Waals surface area (Å²) in [6.07, 6.45) is 31.7. The van der Waals surface area contributed by atoms with Gasteiger partial charge in [-0.1, -0.05) is 103 Å². The van der Waals surface area contributed by atoms with Crippen molar-refractivity contribution in [2.45, 2.75) is 130 Å². The van der Waals surface area contributed by atoms with Crippen molar-refractivity contribution in [3.63, 3.8) is 0 Å². The highest BCUT2D eigenvalue weighted by atomic mass is 16.1. The molecule has 0 aromatic rings. The normalized spacial score (nSPS) is 20.2. The number of unbranched alkanes of at least 4 members (excludes halogenated alkanes) is 15. The third-order valence-electron chi connectivity index (χ3n) is 6.98. The average Bonchev–Trinajstić information content (AvgIpc) is 3.18. The second kappa shape index (κ2) is 19.2. The summed E-state index contributed by atoms with van der Waals surface area (Å²) in [6.45, 7) is 8.77. The van der Waals surface area contributed by atoms with E-state index in [0.717, 1.165) is 24.1 Å². The number of carbonyl (C=O) groups excluding carboxylic acids is 1. The van der Waals surface area contributed by atoms with E-state index in [1.54, 1.807) is 6.92 Å².